The molecule has 4 aromatic carbocycles. The summed E-state index contributed by atoms with van der Waals surface area (Å²) in [4.78, 5) is 25.3. The molecule has 0 heterocycles. The third kappa shape index (κ3) is 5.19. The second-order valence-electron chi connectivity index (χ2n) is 8.30. The van der Waals surface area contributed by atoms with Crippen LogP contribution < -0.4 is 16.4 Å². The molecule has 4 rings (SSSR count). The smallest absolute Gasteiger partial charge is 0.342 e. The zero-order valence-corrected chi connectivity index (χ0v) is 19.7. The second kappa shape index (κ2) is 10.3. The van der Waals surface area contributed by atoms with Crippen LogP contribution >= 0.6 is 0 Å². The Hall–Kier alpha value is -4.96. The maximum Gasteiger partial charge on any atom is 0.342 e. The molecule has 1 amide bonds. The number of carbonyl (C=O) groups excluding carboxylic acids is 2. The molecule has 8 N–H and O–H groups in total. The van der Waals surface area contributed by atoms with Gasteiger partial charge in [0, 0.05) is 22.1 Å². The van der Waals surface area contributed by atoms with E-state index in [1.54, 1.807) is 42.5 Å². The number of ether oxygens (including phenoxy) is 1. The van der Waals surface area contributed by atoms with Crippen molar-refractivity contribution in [2.24, 2.45) is 5.73 Å². The van der Waals surface area contributed by atoms with Crippen LogP contribution in [0.25, 0.3) is 10.8 Å². The standard InChI is InChI=1S/C27H25N3O7/c1-14(37-27(36)17-8-4-12-21(31)24(17)33)23(28)26(35)30-19-10-3-6-15-16(19)7-2-9-18(15)29-20-11-5-13-22(32)25(20)34/h2-14,23,29,31-34H,28H2,1H3,(H,30,35)/t14-,23+/m1/s1. The lowest BCUT2D eigenvalue weighted by molar-refractivity contribution is -0.119. The molecule has 2 atom stereocenters. The lowest BCUT2D eigenvalue weighted by Gasteiger charge is -2.21. The first-order valence-electron chi connectivity index (χ1n) is 11.3. The minimum atomic E-state index is -1.25. The van der Waals surface area contributed by atoms with Gasteiger partial charge in [0.05, 0.1) is 5.69 Å². The summed E-state index contributed by atoms with van der Waals surface area (Å²) in [7, 11) is 0. The van der Waals surface area contributed by atoms with Gasteiger partial charge in [0.15, 0.2) is 23.0 Å². The van der Waals surface area contributed by atoms with Crippen LogP contribution in [0.5, 0.6) is 23.0 Å². The summed E-state index contributed by atoms with van der Waals surface area (Å²) >= 11 is 0. The van der Waals surface area contributed by atoms with Crippen molar-refractivity contribution in [1.82, 2.24) is 0 Å². The maximum absolute atomic E-state index is 12.9. The van der Waals surface area contributed by atoms with Crippen molar-refractivity contribution in [3.8, 4) is 23.0 Å². The Morgan fingerprint density at radius 3 is 2.00 bits per heavy atom. The second-order valence-corrected chi connectivity index (χ2v) is 8.30. The SMILES string of the molecule is C[C@@H](OC(=O)c1cccc(O)c1O)[C@H](N)C(=O)Nc1cccc2c(Nc3cccc(O)c3O)cccc12. The van der Waals surface area contributed by atoms with Crippen molar-refractivity contribution in [1.29, 1.82) is 0 Å². The normalized spacial score (nSPS) is 12.5. The molecule has 0 radical (unpaired) electrons. The van der Waals surface area contributed by atoms with Crippen molar-refractivity contribution in [3.63, 3.8) is 0 Å². The fourth-order valence-corrected chi connectivity index (χ4v) is 3.74. The van der Waals surface area contributed by atoms with Gasteiger partial charge >= 0.3 is 5.97 Å². The van der Waals surface area contributed by atoms with Gasteiger partial charge in [-0.1, -0.05) is 36.4 Å². The predicted octanol–water partition coefficient (Wildman–Crippen LogP) is 3.92. The molecule has 10 heteroatoms. The molecule has 0 bridgehead atoms. The number of hydrogen-bond acceptors (Lipinski definition) is 9. The number of fused-ring (bicyclic) bond motifs is 1. The Morgan fingerprint density at radius 1 is 0.757 bits per heavy atom. The van der Waals surface area contributed by atoms with Gasteiger partial charge in [-0.25, -0.2) is 4.79 Å². The fourth-order valence-electron chi connectivity index (χ4n) is 3.74. The number of carbonyl (C=O) groups is 2. The van der Waals surface area contributed by atoms with Crippen LogP contribution in [-0.2, 0) is 9.53 Å². The molecule has 0 aliphatic carbocycles. The Morgan fingerprint density at radius 2 is 1.30 bits per heavy atom. The van der Waals surface area contributed by atoms with Gasteiger partial charge in [0.1, 0.15) is 17.7 Å². The number of esters is 1. The third-order valence-corrected chi connectivity index (χ3v) is 5.80. The highest BCUT2D eigenvalue weighted by Gasteiger charge is 2.27. The fraction of sp³-hybridized carbons (Fsp3) is 0.111. The summed E-state index contributed by atoms with van der Waals surface area (Å²) in [5.74, 6) is -3.22. The predicted molar refractivity (Wildman–Crippen MR) is 138 cm³/mol. The van der Waals surface area contributed by atoms with Crippen LogP contribution in [-0.4, -0.2) is 44.4 Å². The van der Waals surface area contributed by atoms with Gasteiger partial charge in [-0.2, -0.15) is 0 Å². The summed E-state index contributed by atoms with van der Waals surface area (Å²) in [5, 5.41) is 46.6. The molecule has 0 unspecified atom stereocenters. The largest absolute Gasteiger partial charge is 0.504 e. The molecule has 0 spiro atoms. The quantitative estimate of drug-likeness (QED) is 0.146. The minimum Gasteiger partial charge on any atom is -0.504 e. The monoisotopic (exact) mass is 503 g/mol. The number of para-hydroxylation sites is 2. The number of anilines is 3. The maximum atomic E-state index is 12.9. The van der Waals surface area contributed by atoms with Gasteiger partial charge < -0.3 is 41.5 Å². The number of amides is 1. The average Bonchev–Trinajstić information content (AvgIpc) is 2.88. The van der Waals surface area contributed by atoms with E-state index in [2.05, 4.69) is 10.6 Å². The highest BCUT2D eigenvalue weighted by atomic mass is 16.5. The lowest BCUT2D eigenvalue weighted by atomic mass is 10.1. The highest BCUT2D eigenvalue weighted by molar-refractivity contribution is 6.08. The molecule has 190 valence electrons. The van der Waals surface area contributed by atoms with E-state index in [9.17, 15) is 30.0 Å². The lowest BCUT2D eigenvalue weighted by Crippen LogP contribution is -2.45. The highest BCUT2D eigenvalue weighted by Crippen LogP contribution is 2.37. The summed E-state index contributed by atoms with van der Waals surface area (Å²) in [6, 6.07) is 17.7. The number of phenols is 4. The molecule has 0 aliphatic heterocycles. The topological polar surface area (TPSA) is 174 Å². The Balaban J connectivity index is 1.51. The summed E-state index contributed by atoms with van der Waals surface area (Å²) in [6.45, 7) is 1.44. The summed E-state index contributed by atoms with van der Waals surface area (Å²) in [6.07, 6.45) is -1.06. The first-order chi connectivity index (χ1) is 17.7. The molecule has 10 nitrogen and oxygen atoms in total. The average molecular weight is 504 g/mol. The van der Waals surface area contributed by atoms with Gasteiger partial charge in [0.25, 0.3) is 0 Å². The molecule has 4 aromatic rings. The van der Waals surface area contributed by atoms with E-state index in [0.717, 1.165) is 5.39 Å². The van der Waals surface area contributed by atoms with E-state index < -0.39 is 35.5 Å². The number of benzene rings is 4. The first kappa shape index (κ1) is 25.1. The van der Waals surface area contributed by atoms with E-state index in [4.69, 9.17) is 10.5 Å². The molecular weight excluding hydrogens is 478 g/mol. The van der Waals surface area contributed by atoms with E-state index in [1.807, 2.05) is 6.07 Å². The van der Waals surface area contributed by atoms with Crippen LogP contribution in [0.4, 0.5) is 17.1 Å². The van der Waals surface area contributed by atoms with Crippen LogP contribution in [0.15, 0.2) is 72.8 Å². The zero-order valence-electron chi connectivity index (χ0n) is 19.7. The number of hydrogen-bond donors (Lipinski definition) is 7. The van der Waals surface area contributed by atoms with Crippen LogP contribution in [0, 0.1) is 0 Å². The van der Waals surface area contributed by atoms with Crippen molar-refractivity contribution in [3.05, 3.63) is 78.4 Å². The van der Waals surface area contributed by atoms with Crippen molar-refractivity contribution < 1.29 is 34.8 Å². The Kier molecular flexibility index (Phi) is 7.03. The van der Waals surface area contributed by atoms with Crippen LogP contribution in [0.2, 0.25) is 0 Å². The van der Waals surface area contributed by atoms with Crippen molar-refractivity contribution in [2.75, 3.05) is 10.6 Å². The van der Waals surface area contributed by atoms with Crippen LogP contribution in [0.1, 0.15) is 17.3 Å². The molecule has 0 saturated heterocycles. The summed E-state index contributed by atoms with van der Waals surface area (Å²) < 4.78 is 5.24. The van der Waals surface area contributed by atoms with E-state index in [0.29, 0.717) is 22.4 Å². The Labute approximate surface area is 211 Å². The zero-order chi connectivity index (χ0) is 26.7. The third-order valence-electron chi connectivity index (χ3n) is 5.80. The molecule has 0 aromatic heterocycles. The molecule has 0 aliphatic rings. The Bertz CT molecular complexity index is 1490. The number of nitrogens with one attached hydrogen (secondary N) is 2. The van der Waals surface area contributed by atoms with Crippen molar-refractivity contribution in [2.45, 2.75) is 19.1 Å². The van der Waals surface area contributed by atoms with Gasteiger partial charge in [-0.05, 0) is 43.3 Å². The number of nitrogens with two attached hydrogens (primary N) is 1. The summed E-state index contributed by atoms with van der Waals surface area (Å²) in [5.41, 5.74) is 7.16. The van der Waals surface area contributed by atoms with Crippen molar-refractivity contribution >= 4 is 39.7 Å². The molecule has 0 saturated carbocycles. The number of rotatable bonds is 7. The van der Waals surface area contributed by atoms with Gasteiger partial charge in [0.2, 0.25) is 5.91 Å². The van der Waals surface area contributed by atoms with E-state index >= 15 is 0 Å². The first-order valence-corrected chi connectivity index (χ1v) is 11.3. The number of phenolic OH excluding ortho intramolecular Hbond substituents is 4. The molecular formula is C27H25N3O7. The van der Waals surface area contributed by atoms with Crippen LogP contribution in [0.3, 0.4) is 0 Å². The van der Waals surface area contributed by atoms with Gasteiger partial charge in [-0.15, -0.1) is 0 Å². The van der Waals surface area contributed by atoms with E-state index in [1.165, 1.54) is 31.2 Å². The minimum absolute atomic E-state index is 0.258. The van der Waals surface area contributed by atoms with Gasteiger partial charge in [-0.3, -0.25) is 4.79 Å². The molecule has 0 fully saturated rings. The van der Waals surface area contributed by atoms with E-state index in [-0.39, 0.29) is 17.1 Å². The number of aromatic hydroxyl groups is 4. The molecule has 37 heavy (non-hydrogen) atoms.